The molecule has 2 fully saturated rings. The molecule has 29 heavy (non-hydrogen) atoms. The lowest BCUT2D eigenvalue weighted by molar-refractivity contribution is -0.133. The van der Waals surface area contributed by atoms with E-state index in [0.29, 0.717) is 39.0 Å². The number of nitrogens with zero attached hydrogens (tertiary/aromatic N) is 1. The largest absolute Gasteiger partial charge is 0.381 e. The van der Waals surface area contributed by atoms with E-state index < -0.39 is 17.3 Å². The van der Waals surface area contributed by atoms with E-state index >= 15 is 0 Å². The molecular weight excluding hydrogens is 371 g/mol. The fourth-order valence-corrected chi connectivity index (χ4v) is 4.26. The molecule has 0 saturated carbocycles. The van der Waals surface area contributed by atoms with Crippen LogP contribution >= 0.6 is 0 Å². The number of halogens is 1. The lowest BCUT2D eigenvalue weighted by Gasteiger charge is -2.37. The first-order chi connectivity index (χ1) is 14.0. The van der Waals surface area contributed by atoms with Gasteiger partial charge < -0.3 is 15.0 Å². The number of rotatable bonds is 4. The zero-order chi connectivity index (χ0) is 20.4. The SMILES string of the molecule is Cc1ccc(C2(C(=O)NC3CCN(c4ccccc4F)C3=O)CCOCC2)cc1. The summed E-state index contributed by atoms with van der Waals surface area (Å²) in [7, 11) is 0. The summed E-state index contributed by atoms with van der Waals surface area (Å²) >= 11 is 0. The molecule has 0 radical (unpaired) electrons. The van der Waals surface area contributed by atoms with Gasteiger partial charge in [0.2, 0.25) is 11.8 Å². The second-order valence-electron chi connectivity index (χ2n) is 7.82. The number of para-hydroxylation sites is 1. The highest BCUT2D eigenvalue weighted by Crippen LogP contribution is 2.36. The number of amides is 2. The highest BCUT2D eigenvalue weighted by Gasteiger charge is 2.44. The molecule has 0 bridgehead atoms. The number of hydrogen-bond acceptors (Lipinski definition) is 3. The highest BCUT2D eigenvalue weighted by atomic mass is 19.1. The van der Waals surface area contributed by atoms with Gasteiger partial charge in [0.05, 0.1) is 11.1 Å². The Morgan fingerprint density at radius 3 is 2.52 bits per heavy atom. The second kappa shape index (κ2) is 7.95. The first kappa shape index (κ1) is 19.6. The van der Waals surface area contributed by atoms with Crippen LogP contribution < -0.4 is 10.2 Å². The molecule has 0 spiro atoms. The van der Waals surface area contributed by atoms with Gasteiger partial charge >= 0.3 is 0 Å². The first-order valence-corrected chi connectivity index (χ1v) is 10.0. The summed E-state index contributed by atoms with van der Waals surface area (Å²) < 4.78 is 19.6. The molecule has 2 amide bonds. The zero-order valence-electron chi connectivity index (χ0n) is 16.5. The van der Waals surface area contributed by atoms with Crippen molar-refractivity contribution in [2.24, 2.45) is 0 Å². The van der Waals surface area contributed by atoms with Crippen molar-refractivity contribution < 1.29 is 18.7 Å². The summed E-state index contributed by atoms with van der Waals surface area (Å²) in [5.74, 6) is -0.860. The molecule has 2 saturated heterocycles. The average Bonchev–Trinajstić information content (AvgIpc) is 3.09. The number of nitrogens with one attached hydrogen (secondary N) is 1. The van der Waals surface area contributed by atoms with E-state index in [4.69, 9.17) is 4.74 Å². The number of ether oxygens (including phenoxy) is 1. The van der Waals surface area contributed by atoms with Gasteiger partial charge in [-0.15, -0.1) is 0 Å². The van der Waals surface area contributed by atoms with Crippen molar-refractivity contribution in [3.05, 3.63) is 65.5 Å². The maximum atomic E-state index is 14.1. The molecule has 2 aromatic rings. The van der Waals surface area contributed by atoms with E-state index in [2.05, 4.69) is 5.32 Å². The van der Waals surface area contributed by atoms with Gasteiger partial charge in [-0.3, -0.25) is 9.59 Å². The summed E-state index contributed by atoms with van der Waals surface area (Å²) in [6.07, 6.45) is 1.60. The van der Waals surface area contributed by atoms with Crippen LogP contribution in [0, 0.1) is 12.7 Å². The van der Waals surface area contributed by atoms with E-state index in [1.165, 1.54) is 11.0 Å². The Morgan fingerprint density at radius 1 is 1.14 bits per heavy atom. The number of carbonyl (C=O) groups is 2. The van der Waals surface area contributed by atoms with E-state index in [9.17, 15) is 14.0 Å². The van der Waals surface area contributed by atoms with Crippen molar-refractivity contribution in [2.75, 3.05) is 24.7 Å². The lowest BCUT2D eigenvalue weighted by atomic mass is 9.73. The predicted octanol–water partition coefficient (Wildman–Crippen LogP) is 3.10. The van der Waals surface area contributed by atoms with Crippen molar-refractivity contribution in [2.45, 2.75) is 37.6 Å². The van der Waals surface area contributed by atoms with Crippen LogP contribution in [0.25, 0.3) is 0 Å². The van der Waals surface area contributed by atoms with Gasteiger partial charge in [-0.1, -0.05) is 42.0 Å². The van der Waals surface area contributed by atoms with Gasteiger partial charge in [-0.25, -0.2) is 4.39 Å². The molecule has 2 aliphatic rings. The fourth-order valence-electron chi connectivity index (χ4n) is 4.26. The monoisotopic (exact) mass is 396 g/mol. The lowest BCUT2D eigenvalue weighted by Crippen LogP contribution is -2.52. The van der Waals surface area contributed by atoms with Crippen LogP contribution in [0.3, 0.4) is 0 Å². The standard InChI is InChI=1S/C23H25FN2O3/c1-16-6-8-17(9-7-16)23(11-14-29-15-12-23)22(28)25-19-10-13-26(21(19)27)20-5-3-2-4-18(20)24/h2-9,19H,10-15H2,1H3,(H,25,28). The van der Waals surface area contributed by atoms with Crippen LogP contribution in [0.1, 0.15) is 30.4 Å². The van der Waals surface area contributed by atoms with Gasteiger partial charge in [0, 0.05) is 19.8 Å². The summed E-state index contributed by atoms with van der Waals surface area (Å²) in [4.78, 5) is 27.7. The molecule has 1 atom stereocenters. The molecule has 0 aliphatic carbocycles. The maximum Gasteiger partial charge on any atom is 0.249 e. The fraction of sp³-hybridized carbons (Fsp3) is 0.391. The summed E-state index contributed by atoms with van der Waals surface area (Å²) in [5, 5.41) is 2.96. The van der Waals surface area contributed by atoms with Crippen LogP contribution in [0.4, 0.5) is 10.1 Å². The minimum atomic E-state index is -0.711. The maximum absolute atomic E-state index is 14.1. The smallest absolute Gasteiger partial charge is 0.249 e. The molecule has 2 aromatic carbocycles. The normalized spacial score (nSPS) is 21.2. The van der Waals surface area contributed by atoms with Crippen molar-refractivity contribution in [1.29, 1.82) is 0 Å². The molecule has 5 nitrogen and oxygen atoms in total. The van der Waals surface area contributed by atoms with Gasteiger partial charge in [0.25, 0.3) is 0 Å². The van der Waals surface area contributed by atoms with Crippen molar-refractivity contribution in [3.8, 4) is 0 Å². The van der Waals surface area contributed by atoms with Crippen molar-refractivity contribution >= 4 is 17.5 Å². The molecule has 1 N–H and O–H groups in total. The van der Waals surface area contributed by atoms with Gasteiger partial charge in [-0.05, 0) is 43.9 Å². The molecule has 4 rings (SSSR count). The van der Waals surface area contributed by atoms with Crippen molar-refractivity contribution in [1.82, 2.24) is 5.32 Å². The first-order valence-electron chi connectivity index (χ1n) is 10.0. The third-order valence-electron chi connectivity index (χ3n) is 6.04. The van der Waals surface area contributed by atoms with E-state index in [1.807, 2.05) is 31.2 Å². The number of aryl methyl sites for hydroxylation is 1. The highest BCUT2D eigenvalue weighted by molar-refractivity contribution is 6.02. The van der Waals surface area contributed by atoms with Crippen LogP contribution in [0.15, 0.2) is 48.5 Å². The van der Waals surface area contributed by atoms with Gasteiger partial charge in [-0.2, -0.15) is 0 Å². The average molecular weight is 396 g/mol. The molecule has 2 heterocycles. The summed E-state index contributed by atoms with van der Waals surface area (Å²) in [6, 6.07) is 13.5. The van der Waals surface area contributed by atoms with Crippen LogP contribution in [-0.4, -0.2) is 37.6 Å². The Morgan fingerprint density at radius 2 is 1.83 bits per heavy atom. The molecular formula is C23H25FN2O3. The Labute approximate surface area is 169 Å². The minimum Gasteiger partial charge on any atom is -0.381 e. The van der Waals surface area contributed by atoms with Crippen LogP contribution in [0.2, 0.25) is 0 Å². The summed E-state index contributed by atoms with van der Waals surface area (Å²) in [5.41, 5.74) is 1.62. The second-order valence-corrected chi connectivity index (χ2v) is 7.82. The molecule has 0 aromatic heterocycles. The summed E-state index contributed by atoms with van der Waals surface area (Å²) in [6.45, 7) is 3.39. The minimum absolute atomic E-state index is 0.154. The number of benzene rings is 2. The topological polar surface area (TPSA) is 58.6 Å². The van der Waals surface area contributed by atoms with Crippen LogP contribution in [-0.2, 0) is 19.7 Å². The van der Waals surface area contributed by atoms with Gasteiger partial charge in [0.15, 0.2) is 0 Å². The quantitative estimate of drug-likeness (QED) is 0.864. The predicted molar refractivity (Wildman–Crippen MR) is 108 cm³/mol. The van der Waals surface area contributed by atoms with Crippen LogP contribution in [0.5, 0.6) is 0 Å². The van der Waals surface area contributed by atoms with E-state index in [-0.39, 0.29) is 17.5 Å². The van der Waals surface area contributed by atoms with E-state index in [0.717, 1.165) is 11.1 Å². The molecule has 152 valence electrons. The number of anilines is 1. The number of carbonyl (C=O) groups excluding carboxylic acids is 2. The van der Waals surface area contributed by atoms with Crippen molar-refractivity contribution in [3.63, 3.8) is 0 Å². The Hall–Kier alpha value is -2.73. The Bertz CT molecular complexity index is 907. The molecule has 6 heteroatoms. The Balaban J connectivity index is 1.55. The number of hydrogen-bond donors (Lipinski definition) is 1. The Kier molecular flexibility index (Phi) is 5.37. The third-order valence-corrected chi connectivity index (χ3v) is 6.04. The van der Waals surface area contributed by atoms with Gasteiger partial charge in [0.1, 0.15) is 11.9 Å². The van der Waals surface area contributed by atoms with E-state index in [1.54, 1.807) is 18.2 Å². The molecule has 2 aliphatic heterocycles. The molecule has 1 unspecified atom stereocenters. The third kappa shape index (κ3) is 3.65. The zero-order valence-corrected chi connectivity index (χ0v) is 16.5.